The molecule has 0 aromatic rings. The molecule has 5 nitrogen and oxygen atoms in total. The van der Waals surface area contributed by atoms with Crippen molar-refractivity contribution in [2.45, 2.75) is 77.5 Å². The Hall–Kier alpha value is -0.745. The molecule has 23 heavy (non-hydrogen) atoms. The Balaban J connectivity index is 1.59. The van der Waals surface area contributed by atoms with Crippen LogP contribution in [0.25, 0.3) is 0 Å². The normalized spacial score (nSPS) is 35.0. The molecule has 1 aliphatic carbocycles. The van der Waals surface area contributed by atoms with Crippen molar-refractivity contribution in [3.05, 3.63) is 0 Å². The first-order valence-corrected chi connectivity index (χ1v) is 8.75. The van der Waals surface area contributed by atoms with Gasteiger partial charge in [-0.1, -0.05) is 0 Å². The molecule has 3 unspecified atom stereocenters. The predicted octanol–water partition coefficient (Wildman–Crippen LogP) is 3.34. The van der Waals surface area contributed by atoms with E-state index < -0.39 is 5.60 Å². The summed E-state index contributed by atoms with van der Waals surface area (Å²) in [5, 5.41) is 0. The maximum absolute atomic E-state index is 12.3. The van der Waals surface area contributed by atoms with Gasteiger partial charge in [-0.05, 0) is 66.7 Å². The lowest BCUT2D eigenvalue weighted by Gasteiger charge is -2.32. The molecule has 3 fully saturated rings. The summed E-state index contributed by atoms with van der Waals surface area (Å²) in [6.07, 6.45) is 0.814. The zero-order chi connectivity index (χ0) is 17.2. The van der Waals surface area contributed by atoms with Gasteiger partial charge in [-0.2, -0.15) is 0 Å². The van der Waals surface area contributed by atoms with Gasteiger partial charge in [-0.25, -0.2) is 4.79 Å². The maximum atomic E-state index is 12.3. The van der Waals surface area contributed by atoms with Gasteiger partial charge >= 0.3 is 13.2 Å². The van der Waals surface area contributed by atoms with Crippen LogP contribution >= 0.6 is 0 Å². The Morgan fingerprint density at radius 1 is 1.13 bits per heavy atom. The van der Waals surface area contributed by atoms with Gasteiger partial charge in [0.1, 0.15) is 5.60 Å². The van der Waals surface area contributed by atoms with Gasteiger partial charge in [0.15, 0.2) is 0 Å². The minimum Gasteiger partial charge on any atom is -0.444 e. The molecule has 2 heterocycles. The summed E-state index contributed by atoms with van der Waals surface area (Å²) in [4.78, 5) is 14.1. The van der Waals surface area contributed by atoms with Crippen LogP contribution in [-0.4, -0.2) is 48.0 Å². The third kappa shape index (κ3) is 3.12. The average Bonchev–Trinajstić information content (AvgIpc) is 3.02. The van der Waals surface area contributed by atoms with E-state index in [9.17, 15) is 4.79 Å². The van der Waals surface area contributed by atoms with Gasteiger partial charge in [0.2, 0.25) is 0 Å². The van der Waals surface area contributed by atoms with E-state index in [0.717, 1.165) is 19.5 Å². The number of carbonyl (C=O) groups excluding carboxylic acids is 1. The zero-order valence-electron chi connectivity index (χ0n) is 15.5. The van der Waals surface area contributed by atoms with E-state index in [1.165, 1.54) is 0 Å². The van der Waals surface area contributed by atoms with Gasteiger partial charge in [0.25, 0.3) is 0 Å². The minimum atomic E-state index is -0.442. The maximum Gasteiger partial charge on any atom is 0.461 e. The summed E-state index contributed by atoms with van der Waals surface area (Å²) in [6.45, 7) is 15.6. The molecule has 1 amide bonds. The first-order chi connectivity index (χ1) is 10.4. The lowest BCUT2D eigenvalue weighted by molar-refractivity contribution is 0.00578. The number of piperidine rings is 1. The van der Waals surface area contributed by atoms with Crippen LogP contribution in [0.2, 0.25) is 5.82 Å². The molecule has 0 radical (unpaired) electrons. The molecule has 1 saturated carbocycles. The van der Waals surface area contributed by atoms with Crippen LogP contribution in [0.1, 0.15) is 54.9 Å². The Labute approximate surface area is 140 Å². The highest BCUT2D eigenvalue weighted by molar-refractivity contribution is 6.49. The molecule has 3 atom stereocenters. The quantitative estimate of drug-likeness (QED) is 0.695. The number of likely N-dealkylation sites (tertiary alicyclic amines) is 1. The monoisotopic (exact) mass is 323 g/mol. The second-order valence-corrected chi connectivity index (χ2v) is 9.24. The third-order valence-electron chi connectivity index (χ3n) is 5.80. The number of rotatable bonds is 1. The summed E-state index contributed by atoms with van der Waals surface area (Å²) in [5.41, 5.74) is -1.01. The molecular weight excluding hydrogens is 293 g/mol. The fourth-order valence-corrected chi connectivity index (χ4v) is 3.73. The predicted molar refractivity (Wildman–Crippen MR) is 89.2 cm³/mol. The summed E-state index contributed by atoms with van der Waals surface area (Å²) in [5.74, 6) is 1.50. The zero-order valence-corrected chi connectivity index (χ0v) is 15.5. The number of hydrogen-bond donors (Lipinski definition) is 0. The summed E-state index contributed by atoms with van der Waals surface area (Å²) >= 11 is 0. The van der Waals surface area contributed by atoms with E-state index in [1.807, 2.05) is 25.7 Å². The number of carbonyl (C=O) groups is 1. The van der Waals surface area contributed by atoms with Crippen LogP contribution in [0.5, 0.6) is 0 Å². The van der Waals surface area contributed by atoms with Crippen molar-refractivity contribution in [2.24, 2.45) is 11.8 Å². The van der Waals surface area contributed by atoms with Crippen LogP contribution in [0, 0.1) is 11.8 Å². The van der Waals surface area contributed by atoms with Crippen LogP contribution in [0.4, 0.5) is 4.79 Å². The Bertz CT molecular complexity index is 483. The fraction of sp³-hybridized carbons (Fsp3) is 0.941. The summed E-state index contributed by atoms with van der Waals surface area (Å²) in [7, 11) is -0.145. The molecule has 0 N–H and O–H groups in total. The van der Waals surface area contributed by atoms with Gasteiger partial charge in [0.05, 0.1) is 11.2 Å². The number of hydrogen-bond acceptors (Lipinski definition) is 4. The SMILES string of the molecule is CC(C)(C)OC(=O)N1CCC2C(C1)C2B1OC(C)(C)C(C)(C)O1. The molecule has 0 aromatic heterocycles. The minimum absolute atomic E-state index is 0.145. The van der Waals surface area contributed by atoms with Crippen molar-refractivity contribution in [1.29, 1.82) is 0 Å². The third-order valence-corrected chi connectivity index (χ3v) is 5.80. The second-order valence-electron chi connectivity index (χ2n) is 9.24. The molecular formula is C17H30BNO4. The lowest BCUT2D eigenvalue weighted by Crippen LogP contribution is -2.41. The number of nitrogens with zero attached hydrogens (tertiary/aromatic N) is 1. The van der Waals surface area contributed by atoms with Crippen molar-refractivity contribution in [3.63, 3.8) is 0 Å². The van der Waals surface area contributed by atoms with E-state index in [-0.39, 0.29) is 24.4 Å². The summed E-state index contributed by atoms with van der Waals surface area (Å²) < 4.78 is 17.9. The van der Waals surface area contributed by atoms with Crippen molar-refractivity contribution >= 4 is 13.2 Å². The summed E-state index contributed by atoms with van der Waals surface area (Å²) in [6, 6.07) is 0. The Morgan fingerprint density at radius 2 is 1.70 bits per heavy atom. The van der Waals surface area contributed by atoms with Crippen LogP contribution in [0.15, 0.2) is 0 Å². The van der Waals surface area contributed by atoms with Crippen LogP contribution < -0.4 is 0 Å². The fourth-order valence-electron chi connectivity index (χ4n) is 3.73. The number of ether oxygens (including phenoxy) is 1. The molecule has 0 bridgehead atoms. The largest absolute Gasteiger partial charge is 0.461 e. The van der Waals surface area contributed by atoms with E-state index >= 15 is 0 Å². The lowest BCUT2D eigenvalue weighted by atomic mass is 9.79. The number of fused-ring (bicyclic) bond motifs is 1. The smallest absolute Gasteiger partial charge is 0.444 e. The highest BCUT2D eigenvalue weighted by Gasteiger charge is 2.65. The molecule has 3 rings (SSSR count). The second kappa shape index (κ2) is 5.12. The van der Waals surface area contributed by atoms with Crippen molar-refractivity contribution in [1.82, 2.24) is 4.90 Å². The standard InChI is InChI=1S/C17H30BNO4/c1-15(2,3)21-14(20)19-9-8-11-12(10-19)13(11)18-22-16(4,5)17(6,7)23-18/h11-13H,8-10H2,1-7H3. The molecule has 0 spiro atoms. The molecule has 0 aromatic carbocycles. The Kier molecular flexibility index (Phi) is 3.81. The first-order valence-electron chi connectivity index (χ1n) is 8.75. The first kappa shape index (κ1) is 17.1. The van der Waals surface area contributed by atoms with E-state index in [2.05, 4.69) is 27.7 Å². The topological polar surface area (TPSA) is 48.0 Å². The molecule has 3 aliphatic rings. The van der Waals surface area contributed by atoms with E-state index in [0.29, 0.717) is 17.7 Å². The van der Waals surface area contributed by atoms with Crippen molar-refractivity contribution < 1.29 is 18.8 Å². The van der Waals surface area contributed by atoms with Crippen molar-refractivity contribution in [2.75, 3.05) is 13.1 Å². The molecule has 2 aliphatic heterocycles. The van der Waals surface area contributed by atoms with E-state index in [4.69, 9.17) is 14.0 Å². The van der Waals surface area contributed by atoms with Crippen LogP contribution in [-0.2, 0) is 14.0 Å². The highest BCUT2D eigenvalue weighted by Crippen LogP contribution is 2.61. The molecule has 130 valence electrons. The van der Waals surface area contributed by atoms with Gasteiger partial charge in [-0.15, -0.1) is 0 Å². The number of amides is 1. The van der Waals surface area contributed by atoms with E-state index in [1.54, 1.807) is 0 Å². The van der Waals surface area contributed by atoms with Gasteiger partial charge in [-0.3, -0.25) is 0 Å². The van der Waals surface area contributed by atoms with Gasteiger partial charge < -0.3 is 18.9 Å². The molecule has 6 heteroatoms. The average molecular weight is 323 g/mol. The van der Waals surface area contributed by atoms with Crippen LogP contribution in [0.3, 0.4) is 0 Å². The van der Waals surface area contributed by atoms with Gasteiger partial charge in [0, 0.05) is 18.9 Å². The Morgan fingerprint density at radius 3 is 2.22 bits per heavy atom. The molecule has 2 saturated heterocycles. The highest BCUT2D eigenvalue weighted by atomic mass is 16.7. The van der Waals surface area contributed by atoms with Crippen molar-refractivity contribution in [3.8, 4) is 0 Å².